The van der Waals surface area contributed by atoms with Crippen LogP contribution in [-0.4, -0.2) is 26.8 Å². The van der Waals surface area contributed by atoms with Crippen molar-refractivity contribution in [3.05, 3.63) is 46.3 Å². The number of rotatable bonds is 4. The third kappa shape index (κ3) is 2.72. The molecule has 23 heavy (non-hydrogen) atoms. The standard InChI is InChI=1S/C17H20N4OS/c1-11-17(12(2)22-20-11)15-4-3-9-21(15)10-13-5-6-16(23-13)14-7-8-18-19-14/h5-8,15H,3-4,9-10H2,1-2H3,(H,18,19)/t15-/m0/s1. The molecule has 3 aromatic heterocycles. The van der Waals surface area contributed by atoms with E-state index in [-0.39, 0.29) is 0 Å². The van der Waals surface area contributed by atoms with E-state index in [0.717, 1.165) is 30.2 Å². The van der Waals surface area contributed by atoms with Crippen LogP contribution in [0.1, 0.15) is 40.8 Å². The molecule has 0 saturated carbocycles. The van der Waals surface area contributed by atoms with Crippen LogP contribution in [0.2, 0.25) is 0 Å². The molecule has 0 aliphatic carbocycles. The molecule has 6 heteroatoms. The first-order valence-corrected chi connectivity index (χ1v) is 8.79. The number of hydrogen-bond donors (Lipinski definition) is 1. The molecule has 1 fully saturated rings. The van der Waals surface area contributed by atoms with Crippen molar-refractivity contribution in [2.24, 2.45) is 0 Å². The van der Waals surface area contributed by atoms with Gasteiger partial charge in [-0.25, -0.2) is 0 Å². The molecule has 1 aliphatic rings. The lowest BCUT2D eigenvalue weighted by Crippen LogP contribution is -2.23. The van der Waals surface area contributed by atoms with E-state index in [1.165, 1.54) is 28.2 Å². The average Bonchev–Trinajstić information content (AvgIpc) is 3.29. The summed E-state index contributed by atoms with van der Waals surface area (Å²) in [6.45, 7) is 6.18. The first-order valence-electron chi connectivity index (χ1n) is 7.97. The molecule has 4 rings (SSSR count). The van der Waals surface area contributed by atoms with E-state index in [2.05, 4.69) is 32.4 Å². The summed E-state index contributed by atoms with van der Waals surface area (Å²) < 4.78 is 5.37. The number of nitrogens with one attached hydrogen (secondary N) is 1. The van der Waals surface area contributed by atoms with E-state index in [1.54, 1.807) is 6.20 Å². The van der Waals surface area contributed by atoms with Gasteiger partial charge >= 0.3 is 0 Å². The highest BCUT2D eigenvalue weighted by Crippen LogP contribution is 2.37. The van der Waals surface area contributed by atoms with Crippen molar-refractivity contribution in [1.29, 1.82) is 0 Å². The predicted octanol–water partition coefficient (Wildman–Crippen LogP) is 4.08. The van der Waals surface area contributed by atoms with Crippen molar-refractivity contribution in [2.45, 2.75) is 39.3 Å². The number of aromatic nitrogens is 3. The number of aryl methyl sites for hydroxylation is 2. The van der Waals surface area contributed by atoms with Gasteiger partial charge in [-0.2, -0.15) is 5.10 Å². The fourth-order valence-electron chi connectivity index (χ4n) is 3.51. The van der Waals surface area contributed by atoms with Crippen molar-refractivity contribution < 1.29 is 4.52 Å². The summed E-state index contributed by atoms with van der Waals surface area (Å²) in [5.74, 6) is 0.962. The lowest BCUT2D eigenvalue weighted by Gasteiger charge is -2.23. The maximum atomic E-state index is 5.37. The first-order chi connectivity index (χ1) is 11.2. The Balaban J connectivity index is 1.54. The molecule has 120 valence electrons. The normalized spacial score (nSPS) is 18.8. The minimum atomic E-state index is 0.430. The zero-order valence-electron chi connectivity index (χ0n) is 13.4. The molecule has 0 aromatic carbocycles. The average molecular weight is 328 g/mol. The number of aromatic amines is 1. The second-order valence-electron chi connectivity index (χ2n) is 6.10. The lowest BCUT2D eigenvalue weighted by atomic mass is 10.0. The van der Waals surface area contributed by atoms with Crippen molar-refractivity contribution in [2.75, 3.05) is 6.54 Å². The fraction of sp³-hybridized carbons (Fsp3) is 0.412. The van der Waals surface area contributed by atoms with E-state index in [0.29, 0.717) is 6.04 Å². The Hall–Kier alpha value is -1.92. The zero-order valence-corrected chi connectivity index (χ0v) is 14.2. The Morgan fingerprint density at radius 2 is 2.26 bits per heavy atom. The second kappa shape index (κ2) is 5.94. The van der Waals surface area contributed by atoms with E-state index in [9.17, 15) is 0 Å². The molecule has 0 unspecified atom stereocenters. The highest BCUT2D eigenvalue weighted by molar-refractivity contribution is 7.15. The maximum absolute atomic E-state index is 5.37. The van der Waals surface area contributed by atoms with E-state index in [1.807, 2.05) is 31.3 Å². The second-order valence-corrected chi connectivity index (χ2v) is 7.27. The van der Waals surface area contributed by atoms with Gasteiger partial charge in [0.25, 0.3) is 0 Å². The number of thiophene rings is 1. The summed E-state index contributed by atoms with van der Waals surface area (Å²) in [4.78, 5) is 5.17. The van der Waals surface area contributed by atoms with Crippen LogP contribution in [-0.2, 0) is 6.54 Å². The van der Waals surface area contributed by atoms with Crippen LogP contribution in [0.3, 0.4) is 0 Å². The van der Waals surface area contributed by atoms with Crippen molar-refractivity contribution in [3.8, 4) is 10.6 Å². The number of nitrogens with zero attached hydrogens (tertiary/aromatic N) is 3. The third-order valence-corrected chi connectivity index (χ3v) is 5.68. The molecular formula is C17H20N4OS. The maximum Gasteiger partial charge on any atom is 0.138 e. The van der Waals surface area contributed by atoms with Gasteiger partial charge in [0.05, 0.1) is 16.3 Å². The summed E-state index contributed by atoms with van der Waals surface area (Å²) in [5, 5.41) is 11.2. The summed E-state index contributed by atoms with van der Waals surface area (Å²) in [5.41, 5.74) is 3.40. The monoisotopic (exact) mass is 328 g/mol. The number of hydrogen-bond acceptors (Lipinski definition) is 5. The van der Waals surface area contributed by atoms with Crippen LogP contribution in [0.5, 0.6) is 0 Å². The molecule has 1 N–H and O–H groups in total. The van der Waals surface area contributed by atoms with Gasteiger partial charge in [-0.1, -0.05) is 5.16 Å². The molecular weight excluding hydrogens is 308 g/mol. The van der Waals surface area contributed by atoms with Crippen LogP contribution >= 0.6 is 11.3 Å². The molecule has 0 bridgehead atoms. The van der Waals surface area contributed by atoms with Crippen LogP contribution in [0, 0.1) is 13.8 Å². The zero-order chi connectivity index (χ0) is 15.8. The van der Waals surface area contributed by atoms with Crippen LogP contribution in [0.25, 0.3) is 10.6 Å². The molecule has 1 atom stereocenters. The van der Waals surface area contributed by atoms with Crippen molar-refractivity contribution in [1.82, 2.24) is 20.3 Å². The SMILES string of the molecule is Cc1noc(C)c1[C@@H]1CCCN1Cc1ccc(-c2ccn[nH]2)s1. The third-order valence-electron chi connectivity index (χ3n) is 4.57. The van der Waals surface area contributed by atoms with Crippen LogP contribution < -0.4 is 0 Å². The summed E-state index contributed by atoms with van der Waals surface area (Å²) in [7, 11) is 0. The Morgan fingerprint density at radius 3 is 3.00 bits per heavy atom. The van der Waals surface area contributed by atoms with Gasteiger partial charge in [0.1, 0.15) is 5.76 Å². The molecule has 1 saturated heterocycles. The quantitative estimate of drug-likeness (QED) is 0.784. The molecule has 1 aliphatic heterocycles. The lowest BCUT2D eigenvalue weighted by molar-refractivity contribution is 0.248. The molecule has 5 nitrogen and oxygen atoms in total. The van der Waals surface area contributed by atoms with Gasteiger partial charge in [0.15, 0.2) is 0 Å². The van der Waals surface area contributed by atoms with Crippen molar-refractivity contribution >= 4 is 11.3 Å². The molecule has 4 heterocycles. The van der Waals surface area contributed by atoms with Gasteiger partial charge in [0.2, 0.25) is 0 Å². The van der Waals surface area contributed by atoms with E-state index >= 15 is 0 Å². The highest BCUT2D eigenvalue weighted by atomic mass is 32.1. The number of H-pyrrole nitrogens is 1. The topological polar surface area (TPSA) is 58.0 Å². The first kappa shape index (κ1) is 14.7. The Bertz CT molecular complexity index is 770. The highest BCUT2D eigenvalue weighted by Gasteiger charge is 2.30. The fourth-order valence-corrected chi connectivity index (χ4v) is 4.52. The molecule has 0 radical (unpaired) electrons. The van der Waals surface area contributed by atoms with Crippen LogP contribution in [0.15, 0.2) is 28.9 Å². The minimum Gasteiger partial charge on any atom is -0.361 e. The molecule has 3 aromatic rings. The predicted molar refractivity (Wildman–Crippen MR) is 90.3 cm³/mol. The smallest absolute Gasteiger partial charge is 0.138 e. The van der Waals surface area contributed by atoms with Gasteiger partial charge in [0, 0.05) is 29.2 Å². The Kier molecular flexibility index (Phi) is 3.79. The summed E-state index contributed by atoms with van der Waals surface area (Å²) in [6, 6.07) is 6.84. The summed E-state index contributed by atoms with van der Waals surface area (Å²) >= 11 is 1.83. The molecule has 0 spiro atoms. The van der Waals surface area contributed by atoms with Gasteiger partial charge in [-0.3, -0.25) is 10.00 Å². The van der Waals surface area contributed by atoms with Gasteiger partial charge in [-0.15, -0.1) is 11.3 Å². The van der Waals surface area contributed by atoms with Gasteiger partial charge < -0.3 is 4.52 Å². The Morgan fingerprint density at radius 1 is 1.35 bits per heavy atom. The van der Waals surface area contributed by atoms with E-state index in [4.69, 9.17) is 4.52 Å². The van der Waals surface area contributed by atoms with Crippen molar-refractivity contribution in [3.63, 3.8) is 0 Å². The largest absolute Gasteiger partial charge is 0.361 e. The van der Waals surface area contributed by atoms with E-state index < -0.39 is 0 Å². The number of likely N-dealkylation sites (tertiary alicyclic amines) is 1. The minimum absolute atomic E-state index is 0.430. The summed E-state index contributed by atoms with van der Waals surface area (Å²) in [6.07, 6.45) is 4.21. The Labute approximate surface area is 139 Å². The molecule has 0 amide bonds. The van der Waals surface area contributed by atoms with Gasteiger partial charge in [-0.05, 0) is 51.4 Å². The van der Waals surface area contributed by atoms with Crippen LogP contribution in [0.4, 0.5) is 0 Å².